The molecular weight excluding hydrogens is 274 g/mol. The van der Waals surface area contributed by atoms with Crippen molar-refractivity contribution in [3.05, 3.63) is 66.2 Å². The Balaban J connectivity index is 2.10. The third-order valence-corrected chi connectivity index (χ3v) is 3.34. The van der Waals surface area contributed by atoms with Crippen LogP contribution in [-0.4, -0.2) is 38.0 Å². The van der Waals surface area contributed by atoms with E-state index >= 15 is 0 Å². The molecule has 1 unspecified atom stereocenters. The van der Waals surface area contributed by atoms with Gasteiger partial charge in [0, 0.05) is 18.8 Å². The fourth-order valence-electron chi connectivity index (χ4n) is 2.15. The second kappa shape index (κ2) is 8.20. The van der Waals surface area contributed by atoms with E-state index in [-0.39, 0.29) is 5.91 Å². The van der Waals surface area contributed by atoms with Gasteiger partial charge in [0.05, 0.1) is 0 Å². The lowest BCUT2D eigenvalue weighted by molar-refractivity contribution is -0.122. The average Bonchev–Trinajstić information content (AvgIpc) is 2.54. The fourth-order valence-corrected chi connectivity index (χ4v) is 2.15. The molecule has 2 N–H and O–H groups in total. The van der Waals surface area contributed by atoms with E-state index < -0.39 is 6.04 Å². The largest absolute Gasteiger partial charge is 0.370 e. The summed E-state index contributed by atoms with van der Waals surface area (Å²) in [7, 11) is 3.98. The van der Waals surface area contributed by atoms with Crippen molar-refractivity contribution < 1.29 is 4.79 Å². The highest BCUT2D eigenvalue weighted by molar-refractivity contribution is 5.86. The molecule has 4 nitrogen and oxygen atoms in total. The van der Waals surface area contributed by atoms with Crippen molar-refractivity contribution in [2.24, 2.45) is 0 Å². The molecule has 22 heavy (non-hydrogen) atoms. The molecule has 0 aliphatic heterocycles. The number of hydrogen-bond donors (Lipinski definition) is 2. The molecule has 116 valence electrons. The Morgan fingerprint density at radius 2 is 1.59 bits per heavy atom. The summed E-state index contributed by atoms with van der Waals surface area (Å²) in [4.78, 5) is 14.6. The van der Waals surface area contributed by atoms with Crippen LogP contribution in [0, 0.1) is 0 Å². The van der Waals surface area contributed by atoms with Crippen LogP contribution in [0.25, 0.3) is 0 Å². The number of nitrogens with one attached hydrogen (secondary N) is 2. The second-order valence-electron chi connectivity index (χ2n) is 5.45. The topological polar surface area (TPSA) is 44.4 Å². The molecule has 0 saturated carbocycles. The molecule has 0 aliphatic rings. The summed E-state index contributed by atoms with van der Waals surface area (Å²) in [6.07, 6.45) is 0. The fraction of sp³-hybridized carbons (Fsp3) is 0.278. The van der Waals surface area contributed by atoms with E-state index in [4.69, 9.17) is 0 Å². The molecule has 0 heterocycles. The summed E-state index contributed by atoms with van der Waals surface area (Å²) in [6.45, 7) is 1.45. The summed E-state index contributed by atoms with van der Waals surface area (Å²) < 4.78 is 0. The highest BCUT2D eigenvalue weighted by Gasteiger charge is 2.19. The van der Waals surface area contributed by atoms with Gasteiger partial charge in [-0.15, -0.1) is 0 Å². The van der Waals surface area contributed by atoms with E-state index in [9.17, 15) is 4.79 Å². The van der Waals surface area contributed by atoms with Gasteiger partial charge in [0.25, 0.3) is 0 Å². The van der Waals surface area contributed by atoms with Gasteiger partial charge in [0.1, 0.15) is 6.04 Å². The minimum absolute atomic E-state index is 0.0168. The Morgan fingerprint density at radius 3 is 2.18 bits per heavy atom. The van der Waals surface area contributed by atoms with Crippen LogP contribution in [0.5, 0.6) is 0 Å². The number of amides is 1. The van der Waals surface area contributed by atoms with Gasteiger partial charge in [0.15, 0.2) is 0 Å². The predicted molar refractivity (Wildman–Crippen MR) is 90.8 cm³/mol. The predicted octanol–water partition coefficient (Wildman–Crippen LogP) is 2.52. The number of nitrogens with zero attached hydrogens (tertiary/aromatic N) is 1. The van der Waals surface area contributed by atoms with Gasteiger partial charge in [-0.25, -0.2) is 0 Å². The highest BCUT2D eigenvalue weighted by Crippen LogP contribution is 2.19. The lowest BCUT2D eigenvalue weighted by Crippen LogP contribution is -2.37. The molecule has 4 heteroatoms. The third-order valence-electron chi connectivity index (χ3n) is 3.34. The Labute approximate surface area is 132 Å². The smallest absolute Gasteiger partial charge is 0.247 e. The number of rotatable bonds is 7. The molecule has 0 aliphatic carbocycles. The molecule has 0 fully saturated rings. The van der Waals surface area contributed by atoms with Gasteiger partial charge in [-0.05, 0) is 31.8 Å². The first-order valence-corrected chi connectivity index (χ1v) is 7.46. The molecule has 2 aromatic carbocycles. The summed E-state index contributed by atoms with van der Waals surface area (Å²) in [5, 5.41) is 6.30. The van der Waals surface area contributed by atoms with Crippen LogP contribution in [0.4, 0.5) is 5.69 Å². The molecule has 0 aromatic heterocycles. The van der Waals surface area contributed by atoms with Crippen molar-refractivity contribution in [1.29, 1.82) is 0 Å². The maximum Gasteiger partial charge on any atom is 0.247 e. The van der Waals surface area contributed by atoms with Crippen molar-refractivity contribution in [2.75, 3.05) is 32.5 Å². The Bertz CT molecular complexity index is 569. The monoisotopic (exact) mass is 297 g/mol. The lowest BCUT2D eigenvalue weighted by Gasteiger charge is -2.20. The first-order chi connectivity index (χ1) is 10.7. The van der Waals surface area contributed by atoms with Crippen molar-refractivity contribution >= 4 is 11.6 Å². The SMILES string of the molecule is CN(C)CCNC(=O)C(Nc1ccccc1)c1ccccc1. The second-order valence-corrected chi connectivity index (χ2v) is 5.45. The van der Waals surface area contributed by atoms with Gasteiger partial charge in [0.2, 0.25) is 5.91 Å². The quantitative estimate of drug-likeness (QED) is 0.825. The minimum atomic E-state index is -0.397. The number of benzene rings is 2. The maximum atomic E-state index is 12.5. The first kappa shape index (κ1) is 16.0. The van der Waals surface area contributed by atoms with Gasteiger partial charge < -0.3 is 15.5 Å². The van der Waals surface area contributed by atoms with Crippen molar-refractivity contribution in [3.63, 3.8) is 0 Å². The zero-order chi connectivity index (χ0) is 15.8. The third kappa shape index (κ3) is 4.90. The zero-order valence-electron chi connectivity index (χ0n) is 13.1. The first-order valence-electron chi connectivity index (χ1n) is 7.46. The van der Waals surface area contributed by atoms with Crippen molar-refractivity contribution in [3.8, 4) is 0 Å². The summed E-state index contributed by atoms with van der Waals surface area (Å²) in [6, 6.07) is 19.2. The molecule has 0 spiro atoms. The lowest BCUT2D eigenvalue weighted by atomic mass is 10.1. The molecule has 0 bridgehead atoms. The van der Waals surface area contributed by atoms with E-state index in [2.05, 4.69) is 10.6 Å². The number of likely N-dealkylation sites (N-methyl/N-ethyl adjacent to an activating group) is 1. The van der Waals surface area contributed by atoms with Crippen LogP contribution in [0.2, 0.25) is 0 Å². The number of carbonyl (C=O) groups excluding carboxylic acids is 1. The molecule has 1 atom stereocenters. The normalized spacial score (nSPS) is 12.0. The molecule has 1 amide bonds. The summed E-state index contributed by atoms with van der Waals surface area (Å²) >= 11 is 0. The highest BCUT2D eigenvalue weighted by atomic mass is 16.2. The molecule has 0 saturated heterocycles. The van der Waals surface area contributed by atoms with Crippen LogP contribution in [0.1, 0.15) is 11.6 Å². The average molecular weight is 297 g/mol. The Morgan fingerprint density at radius 1 is 1.00 bits per heavy atom. The van der Waals surface area contributed by atoms with E-state index in [0.29, 0.717) is 6.54 Å². The van der Waals surface area contributed by atoms with Crippen molar-refractivity contribution in [1.82, 2.24) is 10.2 Å². The van der Waals surface area contributed by atoms with E-state index in [1.807, 2.05) is 79.7 Å². The number of hydrogen-bond acceptors (Lipinski definition) is 3. The van der Waals surface area contributed by atoms with Crippen LogP contribution >= 0.6 is 0 Å². The zero-order valence-corrected chi connectivity index (χ0v) is 13.1. The number of anilines is 1. The van der Waals surface area contributed by atoms with Gasteiger partial charge >= 0.3 is 0 Å². The molecule has 0 radical (unpaired) electrons. The maximum absolute atomic E-state index is 12.5. The van der Waals surface area contributed by atoms with Crippen LogP contribution in [0.3, 0.4) is 0 Å². The van der Waals surface area contributed by atoms with Crippen LogP contribution < -0.4 is 10.6 Å². The van der Waals surface area contributed by atoms with E-state index in [1.165, 1.54) is 0 Å². The summed E-state index contributed by atoms with van der Waals surface area (Å²) in [5.74, 6) is -0.0168. The Kier molecular flexibility index (Phi) is 5.98. The van der Waals surface area contributed by atoms with Gasteiger partial charge in [-0.1, -0.05) is 48.5 Å². The number of carbonyl (C=O) groups is 1. The molecule has 2 aromatic rings. The number of para-hydroxylation sites is 1. The standard InChI is InChI=1S/C18H23N3O/c1-21(2)14-13-19-18(22)17(15-9-5-3-6-10-15)20-16-11-7-4-8-12-16/h3-12,17,20H,13-14H2,1-2H3,(H,19,22). The van der Waals surface area contributed by atoms with Crippen molar-refractivity contribution in [2.45, 2.75) is 6.04 Å². The summed E-state index contributed by atoms with van der Waals surface area (Å²) in [5.41, 5.74) is 1.88. The molecule has 2 rings (SSSR count). The van der Waals surface area contributed by atoms with E-state index in [1.54, 1.807) is 0 Å². The van der Waals surface area contributed by atoms with Crippen LogP contribution in [0.15, 0.2) is 60.7 Å². The van der Waals surface area contributed by atoms with Crippen LogP contribution in [-0.2, 0) is 4.79 Å². The Hall–Kier alpha value is -2.33. The van der Waals surface area contributed by atoms with E-state index in [0.717, 1.165) is 17.8 Å². The van der Waals surface area contributed by atoms with Gasteiger partial charge in [-0.3, -0.25) is 4.79 Å². The minimum Gasteiger partial charge on any atom is -0.370 e. The van der Waals surface area contributed by atoms with Gasteiger partial charge in [-0.2, -0.15) is 0 Å². The molecular formula is C18H23N3O.